The van der Waals surface area contributed by atoms with E-state index < -0.39 is 0 Å². The van der Waals surface area contributed by atoms with E-state index in [2.05, 4.69) is 4.90 Å². The van der Waals surface area contributed by atoms with Crippen LogP contribution in [0.15, 0.2) is 24.3 Å². The van der Waals surface area contributed by atoms with E-state index in [0.29, 0.717) is 11.8 Å². The topological polar surface area (TPSA) is 20.3 Å². The van der Waals surface area contributed by atoms with Crippen molar-refractivity contribution in [2.75, 3.05) is 6.54 Å². The third kappa shape index (κ3) is 3.52. The molecule has 1 saturated carbocycles. The molecule has 0 bridgehead atoms. The summed E-state index contributed by atoms with van der Waals surface area (Å²) in [6, 6.07) is 7.18. The van der Waals surface area contributed by atoms with Gasteiger partial charge in [-0.1, -0.05) is 25.0 Å². The zero-order valence-electron chi connectivity index (χ0n) is 12.6. The standard InChI is InChI=1S/C18H24FNO/c19-15-10-8-14(9-11-15)13-20-12-4-3-6-17(20)16-5-1-2-7-18(16)21/h8-11,16-17H,1-7,12-13H2. The minimum Gasteiger partial charge on any atom is -0.299 e. The SMILES string of the molecule is O=C1CCCCC1C1CCCCN1Cc1ccc(F)cc1. The monoisotopic (exact) mass is 289 g/mol. The van der Waals surface area contributed by atoms with E-state index in [0.717, 1.165) is 44.3 Å². The summed E-state index contributed by atoms with van der Waals surface area (Å²) in [6.45, 7) is 1.90. The molecule has 1 aliphatic heterocycles. The van der Waals surface area contributed by atoms with Crippen molar-refractivity contribution in [3.63, 3.8) is 0 Å². The number of ketones is 1. The van der Waals surface area contributed by atoms with Gasteiger partial charge >= 0.3 is 0 Å². The molecule has 1 heterocycles. The molecular formula is C18H24FNO. The first-order valence-electron chi connectivity index (χ1n) is 8.25. The van der Waals surface area contributed by atoms with Crippen molar-refractivity contribution in [2.45, 2.75) is 57.5 Å². The summed E-state index contributed by atoms with van der Waals surface area (Å²) in [7, 11) is 0. The summed E-state index contributed by atoms with van der Waals surface area (Å²) in [5.74, 6) is 0.521. The minimum atomic E-state index is -0.184. The predicted octanol–water partition coefficient (Wildman–Crippen LogP) is 3.94. The molecule has 2 atom stereocenters. The van der Waals surface area contributed by atoms with E-state index in [-0.39, 0.29) is 11.7 Å². The minimum absolute atomic E-state index is 0.184. The van der Waals surface area contributed by atoms with Gasteiger partial charge in [-0.25, -0.2) is 4.39 Å². The average molecular weight is 289 g/mol. The lowest BCUT2D eigenvalue weighted by Crippen LogP contribution is -2.46. The van der Waals surface area contributed by atoms with Crippen LogP contribution in [-0.2, 0) is 11.3 Å². The maximum atomic E-state index is 13.0. The van der Waals surface area contributed by atoms with Crippen molar-refractivity contribution < 1.29 is 9.18 Å². The molecule has 0 radical (unpaired) electrons. The van der Waals surface area contributed by atoms with Crippen LogP contribution in [0.4, 0.5) is 4.39 Å². The van der Waals surface area contributed by atoms with Crippen molar-refractivity contribution in [2.24, 2.45) is 5.92 Å². The average Bonchev–Trinajstić information content (AvgIpc) is 2.51. The molecule has 0 amide bonds. The highest BCUT2D eigenvalue weighted by atomic mass is 19.1. The van der Waals surface area contributed by atoms with E-state index in [1.54, 1.807) is 0 Å². The second kappa shape index (κ2) is 6.69. The van der Waals surface area contributed by atoms with Crippen molar-refractivity contribution in [1.29, 1.82) is 0 Å². The molecule has 2 fully saturated rings. The van der Waals surface area contributed by atoms with Gasteiger partial charge in [-0.05, 0) is 49.9 Å². The molecule has 3 rings (SSSR count). The largest absolute Gasteiger partial charge is 0.299 e. The Morgan fingerprint density at radius 1 is 1.05 bits per heavy atom. The van der Waals surface area contributed by atoms with Crippen LogP contribution >= 0.6 is 0 Å². The molecule has 1 aromatic rings. The van der Waals surface area contributed by atoms with Gasteiger partial charge < -0.3 is 0 Å². The summed E-state index contributed by atoms with van der Waals surface area (Å²) >= 11 is 0. The number of halogens is 1. The number of nitrogens with zero attached hydrogens (tertiary/aromatic N) is 1. The summed E-state index contributed by atoms with van der Waals surface area (Å²) in [5, 5.41) is 0. The first-order chi connectivity index (χ1) is 10.2. The molecule has 2 nitrogen and oxygen atoms in total. The van der Waals surface area contributed by atoms with Crippen LogP contribution in [-0.4, -0.2) is 23.3 Å². The number of piperidine rings is 1. The molecule has 1 aliphatic carbocycles. The van der Waals surface area contributed by atoms with Crippen LogP contribution in [0, 0.1) is 11.7 Å². The van der Waals surface area contributed by atoms with E-state index in [1.165, 1.54) is 31.4 Å². The predicted molar refractivity (Wildman–Crippen MR) is 81.4 cm³/mol. The zero-order valence-corrected chi connectivity index (χ0v) is 12.6. The van der Waals surface area contributed by atoms with Gasteiger partial charge in [-0.2, -0.15) is 0 Å². The van der Waals surface area contributed by atoms with E-state index >= 15 is 0 Å². The van der Waals surface area contributed by atoms with Gasteiger partial charge in [0.25, 0.3) is 0 Å². The zero-order chi connectivity index (χ0) is 14.7. The fourth-order valence-electron chi connectivity index (χ4n) is 3.91. The second-order valence-electron chi connectivity index (χ2n) is 6.48. The van der Waals surface area contributed by atoms with Crippen LogP contribution in [0.3, 0.4) is 0 Å². The van der Waals surface area contributed by atoms with Gasteiger partial charge in [0.2, 0.25) is 0 Å². The maximum Gasteiger partial charge on any atom is 0.137 e. The summed E-state index contributed by atoms with van der Waals surface area (Å²) in [4.78, 5) is 14.7. The Bertz CT molecular complexity index is 484. The third-order valence-electron chi connectivity index (χ3n) is 5.03. The smallest absolute Gasteiger partial charge is 0.137 e. The Labute approximate surface area is 126 Å². The van der Waals surface area contributed by atoms with Crippen LogP contribution < -0.4 is 0 Å². The number of rotatable bonds is 3. The number of hydrogen-bond acceptors (Lipinski definition) is 2. The molecule has 0 N–H and O–H groups in total. The number of carbonyl (C=O) groups is 1. The highest BCUT2D eigenvalue weighted by Crippen LogP contribution is 2.32. The van der Waals surface area contributed by atoms with Crippen molar-refractivity contribution >= 4 is 5.78 Å². The maximum absolute atomic E-state index is 13.0. The third-order valence-corrected chi connectivity index (χ3v) is 5.03. The molecule has 0 spiro atoms. The lowest BCUT2D eigenvalue weighted by atomic mass is 9.79. The van der Waals surface area contributed by atoms with Gasteiger partial charge in [0.05, 0.1) is 0 Å². The van der Waals surface area contributed by atoms with E-state index in [4.69, 9.17) is 0 Å². The van der Waals surface area contributed by atoms with Crippen molar-refractivity contribution in [3.8, 4) is 0 Å². The molecule has 2 unspecified atom stereocenters. The molecule has 2 aliphatic rings. The number of Topliss-reactive ketones (excluding diaryl/α,β-unsaturated/α-hetero) is 1. The van der Waals surface area contributed by atoms with Crippen LogP contribution in [0.1, 0.15) is 50.5 Å². The fraction of sp³-hybridized carbons (Fsp3) is 0.611. The quantitative estimate of drug-likeness (QED) is 0.840. The molecule has 21 heavy (non-hydrogen) atoms. The van der Waals surface area contributed by atoms with Gasteiger partial charge in [0.15, 0.2) is 0 Å². The Balaban J connectivity index is 1.71. The molecule has 1 saturated heterocycles. The number of benzene rings is 1. The van der Waals surface area contributed by atoms with Crippen molar-refractivity contribution in [3.05, 3.63) is 35.6 Å². The fourth-order valence-corrected chi connectivity index (χ4v) is 3.91. The van der Waals surface area contributed by atoms with Crippen molar-refractivity contribution in [1.82, 2.24) is 4.90 Å². The van der Waals surface area contributed by atoms with Crippen LogP contribution in [0.2, 0.25) is 0 Å². The number of likely N-dealkylation sites (tertiary alicyclic amines) is 1. The van der Waals surface area contributed by atoms with Gasteiger partial charge in [-0.15, -0.1) is 0 Å². The summed E-state index contributed by atoms with van der Waals surface area (Å²) < 4.78 is 13.0. The molecule has 3 heteroatoms. The van der Waals surface area contributed by atoms with E-state index in [9.17, 15) is 9.18 Å². The highest BCUT2D eigenvalue weighted by Gasteiger charge is 2.35. The van der Waals surface area contributed by atoms with Gasteiger partial charge in [-0.3, -0.25) is 9.69 Å². The Morgan fingerprint density at radius 2 is 1.81 bits per heavy atom. The lowest BCUT2D eigenvalue weighted by molar-refractivity contribution is -0.127. The number of hydrogen-bond donors (Lipinski definition) is 0. The van der Waals surface area contributed by atoms with Gasteiger partial charge in [0, 0.05) is 24.9 Å². The Kier molecular flexibility index (Phi) is 4.69. The number of carbonyl (C=O) groups excluding carboxylic acids is 1. The van der Waals surface area contributed by atoms with E-state index in [1.807, 2.05) is 12.1 Å². The normalized spacial score (nSPS) is 27.8. The van der Waals surface area contributed by atoms with Crippen LogP contribution in [0.25, 0.3) is 0 Å². The lowest BCUT2D eigenvalue weighted by Gasteiger charge is -2.41. The van der Waals surface area contributed by atoms with Gasteiger partial charge in [0.1, 0.15) is 11.6 Å². The summed E-state index contributed by atoms with van der Waals surface area (Å²) in [6.07, 6.45) is 7.66. The van der Waals surface area contributed by atoms with Crippen LogP contribution in [0.5, 0.6) is 0 Å². The second-order valence-corrected chi connectivity index (χ2v) is 6.48. The molecule has 0 aromatic heterocycles. The molecule has 1 aromatic carbocycles. The first-order valence-corrected chi connectivity index (χ1v) is 8.25. The highest BCUT2D eigenvalue weighted by molar-refractivity contribution is 5.82. The Morgan fingerprint density at radius 3 is 2.57 bits per heavy atom. The summed E-state index contributed by atoms with van der Waals surface area (Å²) in [5.41, 5.74) is 1.14. The molecule has 114 valence electrons. The Hall–Kier alpha value is -1.22. The molecular weight excluding hydrogens is 265 g/mol. The first kappa shape index (κ1) is 14.7.